The van der Waals surface area contributed by atoms with Gasteiger partial charge < -0.3 is 19.3 Å². The number of unbranched alkanes of at least 4 members (excludes halogenated alkanes) is 1. The summed E-state index contributed by atoms with van der Waals surface area (Å²) >= 11 is 2.44. The molecule has 0 unspecified atom stereocenters. The molecule has 0 atom stereocenters. The molecule has 0 saturated carbocycles. The second-order valence-electron chi connectivity index (χ2n) is 9.11. The first-order valence-corrected chi connectivity index (χ1v) is 14.5. The molecular formula is C27H40N6O2S2. The fourth-order valence-electron chi connectivity index (χ4n) is 3.91. The van der Waals surface area contributed by atoms with Crippen LogP contribution in [0, 0.1) is 0 Å². The molecule has 202 valence electrons. The van der Waals surface area contributed by atoms with Gasteiger partial charge in [0.2, 0.25) is 0 Å². The average molecular weight is 545 g/mol. The molecule has 2 aliphatic rings. The van der Waals surface area contributed by atoms with Crippen molar-refractivity contribution in [3.63, 3.8) is 0 Å². The Balaban J connectivity index is 0.000000206. The number of likely N-dealkylation sites (N-methyl/N-ethyl adjacent to an activating group) is 2. The molecule has 4 rings (SSSR count). The van der Waals surface area contributed by atoms with Gasteiger partial charge in [0, 0.05) is 26.2 Å². The molecule has 2 aromatic rings. The number of ether oxygens (including phenoxy) is 2. The highest BCUT2D eigenvalue weighted by atomic mass is 32.1. The van der Waals surface area contributed by atoms with Crippen LogP contribution in [0.25, 0.3) is 11.1 Å². The molecule has 0 spiro atoms. The predicted molar refractivity (Wildman–Crippen MR) is 154 cm³/mol. The van der Waals surface area contributed by atoms with Gasteiger partial charge >= 0.3 is 0 Å². The Bertz CT molecular complexity index is 1060. The van der Waals surface area contributed by atoms with Crippen LogP contribution < -0.4 is 9.47 Å². The monoisotopic (exact) mass is 544 g/mol. The van der Waals surface area contributed by atoms with E-state index in [1.165, 1.54) is 41.0 Å². The Labute approximate surface area is 230 Å². The maximum atomic E-state index is 5.70. The smallest absolute Gasteiger partial charge is 0.253 e. The molecule has 0 saturated heterocycles. The topological polar surface area (TPSA) is 76.5 Å². The van der Waals surface area contributed by atoms with Crippen LogP contribution in [-0.4, -0.2) is 80.8 Å². The third kappa shape index (κ3) is 9.77. The SMILES string of the molecule is CCC=CCOc1nsnc1C1=CCCN(C)C1.CCCC=CCOc1nsnc1C1=CCCN(C)C1. The van der Waals surface area contributed by atoms with E-state index in [0.29, 0.717) is 25.0 Å². The normalized spacial score (nSPS) is 17.0. The molecule has 2 aliphatic heterocycles. The second-order valence-corrected chi connectivity index (χ2v) is 10.2. The lowest BCUT2D eigenvalue weighted by atomic mass is 10.1. The number of allylic oxidation sites excluding steroid dienone is 2. The Morgan fingerprint density at radius 3 is 1.73 bits per heavy atom. The van der Waals surface area contributed by atoms with E-state index in [9.17, 15) is 0 Å². The molecule has 0 bridgehead atoms. The van der Waals surface area contributed by atoms with Crippen LogP contribution in [0.1, 0.15) is 57.3 Å². The number of aromatic nitrogens is 4. The molecular weight excluding hydrogens is 504 g/mol. The molecule has 0 radical (unpaired) electrons. The maximum Gasteiger partial charge on any atom is 0.253 e. The zero-order valence-electron chi connectivity index (χ0n) is 22.6. The average Bonchev–Trinajstić information content (AvgIpc) is 3.57. The van der Waals surface area contributed by atoms with E-state index in [1.54, 1.807) is 0 Å². The van der Waals surface area contributed by atoms with Crippen LogP contribution in [0.4, 0.5) is 0 Å². The zero-order chi connectivity index (χ0) is 26.3. The largest absolute Gasteiger partial charge is 0.471 e. The Hall–Kier alpha value is -2.40. The molecule has 0 N–H and O–H groups in total. The van der Waals surface area contributed by atoms with Gasteiger partial charge in [0.15, 0.2) is 0 Å². The van der Waals surface area contributed by atoms with E-state index in [2.05, 4.69) is 79.5 Å². The minimum atomic E-state index is 0.565. The molecule has 0 fully saturated rings. The molecule has 2 aromatic heterocycles. The Morgan fingerprint density at radius 1 is 0.757 bits per heavy atom. The summed E-state index contributed by atoms with van der Waals surface area (Å²) < 4.78 is 28.6. The third-order valence-corrected chi connectivity index (χ3v) is 6.89. The van der Waals surface area contributed by atoms with Gasteiger partial charge in [-0.3, -0.25) is 0 Å². The Kier molecular flexibility index (Phi) is 13.0. The van der Waals surface area contributed by atoms with Gasteiger partial charge in [-0.25, -0.2) is 0 Å². The lowest BCUT2D eigenvalue weighted by Gasteiger charge is -2.21. The first-order chi connectivity index (χ1) is 18.1. The van der Waals surface area contributed by atoms with Gasteiger partial charge in [0.05, 0.1) is 23.5 Å². The van der Waals surface area contributed by atoms with Crippen molar-refractivity contribution in [2.24, 2.45) is 0 Å². The number of rotatable bonds is 11. The summed E-state index contributed by atoms with van der Waals surface area (Å²) in [6, 6.07) is 0. The fourth-order valence-corrected chi connectivity index (χ4v) is 4.98. The van der Waals surface area contributed by atoms with Crippen LogP contribution >= 0.6 is 23.5 Å². The lowest BCUT2D eigenvalue weighted by Crippen LogP contribution is -2.25. The molecule has 37 heavy (non-hydrogen) atoms. The highest BCUT2D eigenvalue weighted by Gasteiger charge is 2.19. The first-order valence-electron chi connectivity index (χ1n) is 13.1. The van der Waals surface area contributed by atoms with Crippen LogP contribution in [0.15, 0.2) is 36.5 Å². The number of hydrogen-bond acceptors (Lipinski definition) is 10. The van der Waals surface area contributed by atoms with Crippen LogP contribution in [-0.2, 0) is 0 Å². The summed E-state index contributed by atoms with van der Waals surface area (Å²) in [5.74, 6) is 1.34. The minimum Gasteiger partial charge on any atom is -0.471 e. The van der Waals surface area contributed by atoms with Crippen molar-refractivity contribution in [2.75, 3.05) is 53.5 Å². The number of nitrogens with zero attached hydrogens (tertiary/aromatic N) is 6. The first kappa shape index (κ1) is 29.2. The van der Waals surface area contributed by atoms with Crippen molar-refractivity contribution < 1.29 is 9.47 Å². The van der Waals surface area contributed by atoms with Crippen LogP contribution in [0.5, 0.6) is 11.8 Å². The summed E-state index contributed by atoms with van der Waals surface area (Å²) in [5, 5.41) is 0. The van der Waals surface area contributed by atoms with Gasteiger partial charge in [0.1, 0.15) is 24.6 Å². The van der Waals surface area contributed by atoms with Gasteiger partial charge in [0.25, 0.3) is 11.8 Å². The van der Waals surface area contributed by atoms with Crippen molar-refractivity contribution >= 4 is 34.6 Å². The molecule has 0 amide bonds. The highest BCUT2D eigenvalue weighted by molar-refractivity contribution is 6.99. The lowest BCUT2D eigenvalue weighted by molar-refractivity contribution is 0.346. The highest BCUT2D eigenvalue weighted by Crippen LogP contribution is 2.28. The van der Waals surface area contributed by atoms with Crippen molar-refractivity contribution in [1.82, 2.24) is 27.3 Å². The Morgan fingerprint density at radius 2 is 1.27 bits per heavy atom. The van der Waals surface area contributed by atoms with Gasteiger partial charge in [-0.05, 0) is 50.9 Å². The van der Waals surface area contributed by atoms with Crippen LogP contribution in [0.2, 0.25) is 0 Å². The van der Waals surface area contributed by atoms with Gasteiger partial charge in [-0.1, -0.05) is 56.7 Å². The third-order valence-electron chi connectivity index (χ3n) is 5.87. The van der Waals surface area contributed by atoms with Crippen LogP contribution in [0.3, 0.4) is 0 Å². The molecule has 0 aliphatic carbocycles. The van der Waals surface area contributed by atoms with E-state index in [4.69, 9.17) is 9.47 Å². The standard InChI is InChI=1S/C14H21N3OS.C13H19N3OS/c1-3-4-5-6-10-18-14-13(15-19-16-14)12-8-7-9-17(2)11-12;1-3-4-5-9-17-13-12(14-18-15-13)11-7-6-8-16(2)10-11/h5-6,8H,3-4,7,9-11H2,1-2H3;4-5,7H,3,6,8-10H2,1-2H3. The van der Waals surface area contributed by atoms with Crippen molar-refractivity contribution in [3.8, 4) is 11.8 Å². The summed E-state index contributed by atoms with van der Waals surface area (Å²) in [5.41, 5.74) is 4.29. The maximum absolute atomic E-state index is 5.70. The predicted octanol–water partition coefficient (Wildman–Crippen LogP) is 5.59. The summed E-state index contributed by atoms with van der Waals surface area (Å²) in [4.78, 5) is 4.58. The fraction of sp³-hybridized carbons (Fsp3) is 0.556. The van der Waals surface area contributed by atoms with Crippen molar-refractivity contribution in [1.29, 1.82) is 0 Å². The number of hydrogen-bond donors (Lipinski definition) is 0. The summed E-state index contributed by atoms with van der Waals surface area (Å²) in [6.45, 7) is 9.47. The quantitative estimate of drug-likeness (QED) is 0.339. The summed E-state index contributed by atoms with van der Waals surface area (Å²) in [6.07, 6.45) is 18.2. The van der Waals surface area contributed by atoms with Gasteiger partial charge in [-0.2, -0.15) is 8.75 Å². The second kappa shape index (κ2) is 16.4. The molecule has 4 heterocycles. The zero-order valence-corrected chi connectivity index (χ0v) is 24.2. The molecule has 10 heteroatoms. The summed E-state index contributed by atoms with van der Waals surface area (Å²) in [7, 11) is 4.25. The molecule has 0 aromatic carbocycles. The van der Waals surface area contributed by atoms with Crippen molar-refractivity contribution in [2.45, 2.75) is 46.0 Å². The van der Waals surface area contributed by atoms with Gasteiger partial charge in [-0.15, -0.1) is 8.75 Å². The van der Waals surface area contributed by atoms with E-state index in [1.807, 2.05) is 12.2 Å². The van der Waals surface area contributed by atoms with E-state index < -0.39 is 0 Å². The van der Waals surface area contributed by atoms with E-state index in [0.717, 1.165) is 63.3 Å². The van der Waals surface area contributed by atoms with E-state index >= 15 is 0 Å². The van der Waals surface area contributed by atoms with Crippen molar-refractivity contribution in [3.05, 3.63) is 47.8 Å². The van der Waals surface area contributed by atoms with E-state index in [-0.39, 0.29) is 0 Å². The minimum absolute atomic E-state index is 0.565. The molecule has 8 nitrogen and oxygen atoms in total.